The van der Waals surface area contributed by atoms with Gasteiger partial charge in [-0.15, -0.1) is 0 Å². The highest BCUT2D eigenvalue weighted by Crippen LogP contribution is 2.40. The van der Waals surface area contributed by atoms with Crippen LogP contribution in [0.1, 0.15) is 32.1 Å². The molecular formula is C14H21F3O6S. The Hall–Kier alpha value is -0.550. The number of methoxy groups -OCH3 is 1. The van der Waals surface area contributed by atoms with Gasteiger partial charge in [0.1, 0.15) is 0 Å². The molecule has 2 rings (SSSR count). The summed E-state index contributed by atoms with van der Waals surface area (Å²) in [6, 6.07) is 0. The zero-order valence-corrected chi connectivity index (χ0v) is 14.1. The van der Waals surface area contributed by atoms with E-state index in [2.05, 4.69) is 0 Å². The zero-order valence-electron chi connectivity index (χ0n) is 13.3. The summed E-state index contributed by atoms with van der Waals surface area (Å²) in [4.78, 5) is 16.9. The summed E-state index contributed by atoms with van der Waals surface area (Å²) < 4.78 is 56.8. The van der Waals surface area contributed by atoms with Gasteiger partial charge in [-0.1, -0.05) is 0 Å². The van der Waals surface area contributed by atoms with E-state index in [-0.39, 0.29) is 11.7 Å². The molecule has 1 heterocycles. The Kier molecular flexibility index (Phi) is 7.17. The monoisotopic (exact) mass is 374 g/mol. The molecule has 140 valence electrons. The van der Waals surface area contributed by atoms with E-state index in [4.69, 9.17) is 23.4 Å². The quantitative estimate of drug-likeness (QED) is 0.223. The highest BCUT2D eigenvalue weighted by atomic mass is 32.2. The van der Waals surface area contributed by atoms with Crippen molar-refractivity contribution < 1.29 is 41.4 Å². The first-order chi connectivity index (χ1) is 11.4. The van der Waals surface area contributed by atoms with E-state index in [0.717, 1.165) is 0 Å². The van der Waals surface area contributed by atoms with Crippen LogP contribution in [-0.4, -0.2) is 50.1 Å². The van der Waals surface area contributed by atoms with Crippen molar-refractivity contribution in [2.75, 3.05) is 26.1 Å². The van der Waals surface area contributed by atoms with Crippen LogP contribution in [0.4, 0.5) is 13.2 Å². The van der Waals surface area contributed by atoms with Crippen LogP contribution in [0.5, 0.6) is 0 Å². The molecule has 1 saturated heterocycles. The predicted octanol–water partition coefficient (Wildman–Crippen LogP) is 3.01. The molecule has 10 heteroatoms. The van der Waals surface area contributed by atoms with Gasteiger partial charge in [0.05, 0.1) is 26.7 Å². The second-order valence-corrected chi connectivity index (χ2v) is 6.52. The third-order valence-electron chi connectivity index (χ3n) is 4.13. The molecule has 1 aliphatic carbocycles. The van der Waals surface area contributed by atoms with Crippen LogP contribution in [0.2, 0.25) is 0 Å². The molecule has 0 bridgehead atoms. The minimum Gasteiger partial charge on any atom is -0.467 e. The summed E-state index contributed by atoms with van der Waals surface area (Å²) in [6.07, 6.45) is -3.77. The van der Waals surface area contributed by atoms with Gasteiger partial charge in [0.25, 0.3) is 0 Å². The van der Waals surface area contributed by atoms with E-state index < -0.39 is 30.5 Å². The van der Waals surface area contributed by atoms with Gasteiger partial charge in [0, 0.05) is 30.6 Å². The number of alkyl halides is 3. The van der Waals surface area contributed by atoms with Crippen LogP contribution in [0.15, 0.2) is 0 Å². The lowest BCUT2D eigenvalue weighted by atomic mass is 9.82. The molecule has 1 aliphatic heterocycles. The minimum absolute atomic E-state index is 0.168. The summed E-state index contributed by atoms with van der Waals surface area (Å²) in [5.74, 6) is -1.66. The molecule has 1 saturated carbocycles. The van der Waals surface area contributed by atoms with Gasteiger partial charge >= 0.3 is 12.1 Å². The highest BCUT2D eigenvalue weighted by molar-refractivity contribution is 7.94. The summed E-state index contributed by atoms with van der Waals surface area (Å²) in [7, 11) is 1.23. The van der Waals surface area contributed by atoms with Crippen LogP contribution in [-0.2, 0) is 28.2 Å². The Balaban J connectivity index is 1.77. The molecular weight excluding hydrogens is 353 g/mol. The average molecular weight is 374 g/mol. The van der Waals surface area contributed by atoms with Crippen molar-refractivity contribution in [2.45, 2.75) is 50.2 Å². The van der Waals surface area contributed by atoms with Gasteiger partial charge in [0.15, 0.2) is 11.9 Å². The van der Waals surface area contributed by atoms with Crippen molar-refractivity contribution in [2.24, 2.45) is 5.92 Å². The van der Waals surface area contributed by atoms with Crippen molar-refractivity contribution >= 4 is 18.0 Å². The summed E-state index contributed by atoms with van der Waals surface area (Å²) in [5.41, 5.74) is 0. The summed E-state index contributed by atoms with van der Waals surface area (Å²) in [6.45, 7) is 1.11. The van der Waals surface area contributed by atoms with Gasteiger partial charge in [-0.25, -0.2) is 9.68 Å². The molecule has 1 spiro atoms. The molecule has 0 amide bonds. The normalized spacial score (nSPS) is 22.7. The molecule has 1 atom stereocenters. The Morgan fingerprint density at radius 1 is 1.29 bits per heavy atom. The van der Waals surface area contributed by atoms with Crippen molar-refractivity contribution in [1.29, 1.82) is 0 Å². The molecule has 0 aromatic carbocycles. The Morgan fingerprint density at radius 3 is 2.46 bits per heavy atom. The standard InChI is InChI=1S/C14H21F3O6S/c1-19-12(18)11(22-23-24-9-6-14(15,16)17)10-2-4-13(5-3-10)20-7-8-21-13/h10-11H,2-9H2,1H3. The van der Waals surface area contributed by atoms with Gasteiger partial charge in [0.2, 0.25) is 0 Å². The molecule has 0 aromatic rings. The number of halogens is 3. The maximum absolute atomic E-state index is 12.1. The fraction of sp³-hybridized carbons (Fsp3) is 0.929. The van der Waals surface area contributed by atoms with Crippen LogP contribution in [0.25, 0.3) is 0 Å². The fourth-order valence-corrected chi connectivity index (χ4v) is 3.38. The van der Waals surface area contributed by atoms with Gasteiger partial charge in [-0.2, -0.15) is 17.5 Å². The number of carbonyl (C=O) groups is 1. The minimum atomic E-state index is -4.25. The summed E-state index contributed by atoms with van der Waals surface area (Å²) >= 11 is 0.520. The van der Waals surface area contributed by atoms with E-state index >= 15 is 0 Å². The van der Waals surface area contributed by atoms with Gasteiger partial charge in [-0.05, 0) is 18.8 Å². The number of hydrogen-bond donors (Lipinski definition) is 0. The molecule has 1 unspecified atom stereocenters. The molecule has 2 aliphatic rings. The lowest BCUT2D eigenvalue weighted by molar-refractivity contribution is -0.258. The molecule has 0 N–H and O–H groups in total. The average Bonchev–Trinajstić information content (AvgIpc) is 2.99. The third kappa shape index (κ3) is 5.76. The first kappa shape index (κ1) is 19.8. The Morgan fingerprint density at radius 2 is 1.92 bits per heavy atom. The zero-order chi connectivity index (χ0) is 17.6. The van der Waals surface area contributed by atoms with E-state index in [1.54, 1.807) is 0 Å². The molecule has 2 fully saturated rings. The van der Waals surface area contributed by atoms with E-state index in [1.165, 1.54) is 7.11 Å². The topological polar surface area (TPSA) is 63.2 Å². The highest BCUT2D eigenvalue weighted by Gasteiger charge is 2.44. The number of rotatable bonds is 7. The number of esters is 1. The van der Waals surface area contributed by atoms with Crippen molar-refractivity contribution in [1.82, 2.24) is 0 Å². The van der Waals surface area contributed by atoms with Crippen molar-refractivity contribution in [3.05, 3.63) is 0 Å². The first-order valence-electron chi connectivity index (χ1n) is 7.73. The number of hydrogen-bond acceptors (Lipinski definition) is 7. The maximum atomic E-state index is 12.1. The van der Waals surface area contributed by atoms with Crippen molar-refractivity contribution in [3.63, 3.8) is 0 Å². The Bertz CT molecular complexity index is 404. The number of carbonyl (C=O) groups excluding carboxylic acids is 1. The van der Waals surface area contributed by atoms with Gasteiger partial charge < -0.3 is 14.2 Å². The SMILES string of the molecule is COC(=O)C(OOSCCC(F)(F)F)C1CCC2(CC1)OCCO2. The van der Waals surface area contributed by atoms with E-state index in [1.807, 2.05) is 0 Å². The smallest absolute Gasteiger partial charge is 0.389 e. The first-order valence-corrected chi connectivity index (χ1v) is 8.64. The largest absolute Gasteiger partial charge is 0.467 e. The number of ether oxygens (including phenoxy) is 3. The van der Waals surface area contributed by atoms with Crippen LogP contribution in [0.3, 0.4) is 0 Å². The van der Waals surface area contributed by atoms with Crippen LogP contribution in [0, 0.1) is 5.92 Å². The molecule has 6 nitrogen and oxygen atoms in total. The van der Waals surface area contributed by atoms with E-state index in [9.17, 15) is 18.0 Å². The second kappa shape index (κ2) is 8.70. The van der Waals surface area contributed by atoms with E-state index in [0.29, 0.717) is 50.9 Å². The molecule has 0 radical (unpaired) electrons. The third-order valence-corrected chi connectivity index (χ3v) is 4.67. The molecule has 0 aromatic heterocycles. The predicted molar refractivity (Wildman–Crippen MR) is 77.7 cm³/mol. The molecule has 24 heavy (non-hydrogen) atoms. The Labute approximate surface area is 142 Å². The van der Waals surface area contributed by atoms with Crippen molar-refractivity contribution in [3.8, 4) is 0 Å². The lowest BCUT2D eigenvalue weighted by Gasteiger charge is -2.36. The fourth-order valence-electron chi connectivity index (χ4n) is 2.86. The van der Waals surface area contributed by atoms with Crippen LogP contribution < -0.4 is 0 Å². The maximum Gasteiger partial charge on any atom is 0.389 e. The summed E-state index contributed by atoms with van der Waals surface area (Å²) in [5, 5.41) is 0. The lowest BCUT2D eigenvalue weighted by Crippen LogP contribution is -2.41. The van der Waals surface area contributed by atoms with Gasteiger partial charge in [-0.3, -0.25) is 0 Å². The second-order valence-electron chi connectivity index (χ2n) is 5.74. The van der Waals surface area contributed by atoms with Crippen LogP contribution >= 0.6 is 12.0 Å².